The van der Waals surface area contributed by atoms with Gasteiger partial charge in [0.15, 0.2) is 0 Å². The zero-order valence-corrected chi connectivity index (χ0v) is 14.2. The number of aryl methyl sites for hydroxylation is 3. The molecule has 0 amide bonds. The van der Waals surface area contributed by atoms with Crippen LogP contribution in [0, 0.1) is 20.8 Å². The van der Waals surface area contributed by atoms with Gasteiger partial charge in [-0.1, -0.05) is 17.2 Å². The fourth-order valence-electron chi connectivity index (χ4n) is 2.20. The molecule has 0 bridgehead atoms. The predicted molar refractivity (Wildman–Crippen MR) is 90.8 cm³/mol. The number of halogens is 1. The summed E-state index contributed by atoms with van der Waals surface area (Å²) in [5.74, 6) is 0.578. The van der Waals surface area contributed by atoms with E-state index < -0.39 is 0 Å². The van der Waals surface area contributed by atoms with Gasteiger partial charge in [-0.05, 0) is 88.1 Å². The van der Waals surface area contributed by atoms with Crippen molar-refractivity contribution in [1.82, 2.24) is 20.2 Å². The molecular formula is C16H16BrN5. The normalized spacial score (nSPS) is 10.7. The van der Waals surface area contributed by atoms with Gasteiger partial charge >= 0.3 is 0 Å². The Balaban J connectivity index is 1.98. The van der Waals surface area contributed by atoms with E-state index in [1.165, 1.54) is 11.1 Å². The van der Waals surface area contributed by atoms with Crippen LogP contribution in [0.25, 0.3) is 5.69 Å². The van der Waals surface area contributed by atoms with Crippen LogP contribution in [0.2, 0.25) is 0 Å². The Morgan fingerprint density at radius 1 is 1.05 bits per heavy atom. The molecule has 6 heteroatoms. The van der Waals surface area contributed by atoms with E-state index >= 15 is 0 Å². The zero-order chi connectivity index (χ0) is 15.7. The van der Waals surface area contributed by atoms with Crippen LogP contribution in [-0.4, -0.2) is 20.2 Å². The average Bonchev–Trinajstić information content (AvgIpc) is 2.93. The lowest BCUT2D eigenvalue weighted by molar-refractivity contribution is 0.791. The van der Waals surface area contributed by atoms with E-state index in [1.807, 2.05) is 31.2 Å². The minimum atomic E-state index is 0.578. The molecule has 5 nitrogen and oxygen atoms in total. The minimum absolute atomic E-state index is 0.578. The molecule has 0 aliphatic carbocycles. The molecule has 1 heterocycles. The van der Waals surface area contributed by atoms with Gasteiger partial charge < -0.3 is 5.32 Å². The SMILES string of the molecule is Cc1cccc(-n2nnnc2Nc2cc(C)c(C)cc2Br)c1. The molecule has 0 atom stereocenters. The molecule has 0 fully saturated rings. The van der Waals surface area contributed by atoms with Gasteiger partial charge in [0.05, 0.1) is 11.4 Å². The monoisotopic (exact) mass is 357 g/mol. The first-order chi connectivity index (χ1) is 10.5. The first-order valence-corrected chi connectivity index (χ1v) is 7.73. The molecule has 3 rings (SSSR count). The minimum Gasteiger partial charge on any atom is -0.322 e. The number of rotatable bonds is 3. The van der Waals surface area contributed by atoms with Crippen molar-refractivity contribution in [3.05, 3.63) is 57.6 Å². The Kier molecular flexibility index (Phi) is 3.94. The molecule has 0 aliphatic rings. The zero-order valence-electron chi connectivity index (χ0n) is 12.6. The van der Waals surface area contributed by atoms with Crippen molar-refractivity contribution in [2.75, 3.05) is 5.32 Å². The lowest BCUT2D eigenvalue weighted by Crippen LogP contribution is -2.04. The Bertz CT molecular complexity index is 825. The van der Waals surface area contributed by atoms with E-state index in [4.69, 9.17) is 0 Å². The van der Waals surface area contributed by atoms with Crippen LogP contribution in [-0.2, 0) is 0 Å². The van der Waals surface area contributed by atoms with Crippen molar-refractivity contribution in [1.29, 1.82) is 0 Å². The van der Waals surface area contributed by atoms with Crippen molar-refractivity contribution >= 4 is 27.6 Å². The fraction of sp³-hybridized carbons (Fsp3) is 0.188. The number of aromatic nitrogens is 4. The van der Waals surface area contributed by atoms with Crippen LogP contribution in [0.4, 0.5) is 11.6 Å². The Hall–Kier alpha value is -2.21. The summed E-state index contributed by atoms with van der Waals surface area (Å²) in [6, 6.07) is 12.2. The number of tetrazole rings is 1. The van der Waals surface area contributed by atoms with Crippen molar-refractivity contribution < 1.29 is 0 Å². The van der Waals surface area contributed by atoms with E-state index in [0.29, 0.717) is 5.95 Å². The molecule has 112 valence electrons. The topological polar surface area (TPSA) is 55.6 Å². The Morgan fingerprint density at radius 3 is 2.59 bits per heavy atom. The van der Waals surface area contributed by atoms with Crippen LogP contribution >= 0.6 is 15.9 Å². The van der Waals surface area contributed by atoms with Crippen molar-refractivity contribution in [3.63, 3.8) is 0 Å². The summed E-state index contributed by atoms with van der Waals surface area (Å²) in [4.78, 5) is 0. The summed E-state index contributed by atoms with van der Waals surface area (Å²) in [5, 5.41) is 15.2. The van der Waals surface area contributed by atoms with Gasteiger partial charge in [0, 0.05) is 4.47 Å². The maximum atomic E-state index is 4.08. The fourth-order valence-corrected chi connectivity index (χ4v) is 2.75. The highest BCUT2D eigenvalue weighted by atomic mass is 79.9. The Labute approximate surface area is 137 Å². The second-order valence-electron chi connectivity index (χ2n) is 5.29. The maximum Gasteiger partial charge on any atom is 0.252 e. The van der Waals surface area contributed by atoms with Crippen molar-refractivity contribution in [2.24, 2.45) is 0 Å². The van der Waals surface area contributed by atoms with Gasteiger partial charge in [-0.25, -0.2) is 0 Å². The third-order valence-corrected chi connectivity index (χ3v) is 4.20. The number of benzene rings is 2. The third-order valence-electron chi connectivity index (χ3n) is 3.55. The summed E-state index contributed by atoms with van der Waals surface area (Å²) in [5.41, 5.74) is 5.46. The van der Waals surface area contributed by atoms with E-state index in [0.717, 1.165) is 21.4 Å². The van der Waals surface area contributed by atoms with E-state index in [2.05, 4.69) is 62.8 Å². The van der Waals surface area contributed by atoms with E-state index in [-0.39, 0.29) is 0 Å². The van der Waals surface area contributed by atoms with Gasteiger partial charge in [-0.2, -0.15) is 4.68 Å². The molecule has 3 aromatic rings. The highest BCUT2D eigenvalue weighted by Gasteiger charge is 2.11. The first kappa shape index (κ1) is 14.7. The van der Waals surface area contributed by atoms with Crippen molar-refractivity contribution in [2.45, 2.75) is 20.8 Å². The summed E-state index contributed by atoms with van der Waals surface area (Å²) < 4.78 is 2.67. The van der Waals surface area contributed by atoms with Gasteiger partial charge in [-0.3, -0.25) is 0 Å². The summed E-state index contributed by atoms with van der Waals surface area (Å²) in [7, 11) is 0. The molecule has 0 saturated heterocycles. The second kappa shape index (κ2) is 5.88. The molecule has 2 aromatic carbocycles. The molecule has 22 heavy (non-hydrogen) atoms. The van der Waals surface area contributed by atoms with Crippen LogP contribution < -0.4 is 5.32 Å². The number of anilines is 2. The van der Waals surface area contributed by atoms with E-state index in [1.54, 1.807) is 4.68 Å². The molecular weight excluding hydrogens is 342 g/mol. The molecule has 1 N–H and O–H groups in total. The third kappa shape index (κ3) is 2.87. The highest BCUT2D eigenvalue weighted by Crippen LogP contribution is 2.28. The lowest BCUT2D eigenvalue weighted by Gasteiger charge is -2.11. The van der Waals surface area contributed by atoms with Crippen molar-refractivity contribution in [3.8, 4) is 5.69 Å². The number of nitrogens with one attached hydrogen (secondary N) is 1. The summed E-state index contributed by atoms with van der Waals surface area (Å²) in [6.07, 6.45) is 0. The van der Waals surface area contributed by atoms with Crippen LogP contribution in [0.3, 0.4) is 0 Å². The van der Waals surface area contributed by atoms with Gasteiger partial charge in [0.2, 0.25) is 0 Å². The standard InChI is InChI=1S/C16H16BrN5/c1-10-5-4-6-13(7-10)22-16(19-20-21-22)18-15-9-12(3)11(2)8-14(15)17/h4-9H,1-3H3,(H,18,19,21). The van der Waals surface area contributed by atoms with Gasteiger partial charge in [0.25, 0.3) is 5.95 Å². The van der Waals surface area contributed by atoms with Crippen LogP contribution in [0.1, 0.15) is 16.7 Å². The van der Waals surface area contributed by atoms with E-state index in [9.17, 15) is 0 Å². The Morgan fingerprint density at radius 2 is 1.82 bits per heavy atom. The lowest BCUT2D eigenvalue weighted by atomic mass is 10.1. The molecule has 0 radical (unpaired) electrons. The molecule has 1 aromatic heterocycles. The predicted octanol–water partition coefficient (Wildman–Crippen LogP) is 4.09. The largest absolute Gasteiger partial charge is 0.322 e. The van der Waals surface area contributed by atoms with Gasteiger partial charge in [-0.15, -0.1) is 0 Å². The van der Waals surface area contributed by atoms with Crippen LogP contribution in [0.5, 0.6) is 0 Å². The molecule has 0 spiro atoms. The second-order valence-corrected chi connectivity index (χ2v) is 6.15. The number of nitrogens with zero attached hydrogens (tertiary/aromatic N) is 4. The summed E-state index contributed by atoms with van der Waals surface area (Å²) >= 11 is 3.58. The first-order valence-electron chi connectivity index (χ1n) is 6.94. The van der Waals surface area contributed by atoms with Crippen LogP contribution in [0.15, 0.2) is 40.9 Å². The average molecular weight is 358 g/mol. The number of hydrogen-bond donors (Lipinski definition) is 1. The molecule has 0 saturated carbocycles. The highest BCUT2D eigenvalue weighted by molar-refractivity contribution is 9.10. The quantitative estimate of drug-likeness (QED) is 0.766. The molecule has 0 aliphatic heterocycles. The molecule has 0 unspecified atom stereocenters. The smallest absolute Gasteiger partial charge is 0.252 e. The maximum absolute atomic E-state index is 4.08. The number of hydrogen-bond acceptors (Lipinski definition) is 4. The van der Waals surface area contributed by atoms with Gasteiger partial charge in [0.1, 0.15) is 0 Å². The summed E-state index contributed by atoms with van der Waals surface area (Å²) in [6.45, 7) is 6.21.